The van der Waals surface area contributed by atoms with Crippen molar-refractivity contribution in [3.63, 3.8) is 0 Å². The molecule has 0 aliphatic heterocycles. The van der Waals surface area contributed by atoms with Gasteiger partial charge in [0.05, 0.1) is 28.0 Å². The third-order valence-corrected chi connectivity index (χ3v) is 5.57. The number of furan rings is 1. The second kappa shape index (κ2) is 7.22. The lowest BCUT2D eigenvalue weighted by molar-refractivity contribution is 0.0995. The van der Waals surface area contributed by atoms with Crippen molar-refractivity contribution < 1.29 is 18.7 Å². The van der Waals surface area contributed by atoms with Crippen LogP contribution in [0.15, 0.2) is 53.1 Å². The molecule has 7 nitrogen and oxygen atoms in total. The molecule has 0 bridgehead atoms. The van der Waals surface area contributed by atoms with Crippen LogP contribution in [0.5, 0.6) is 5.75 Å². The van der Waals surface area contributed by atoms with Gasteiger partial charge in [-0.15, -0.1) is 11.3 Å². The number of ether oxygens (including phenoxy) is 1. The van der Waals surface area contributed by atoms with Crippen LogP contribution in [-0.4, -0.2) is 23.9 Å². The summed E-state index contributed by atoms with van der Waals surface area (Å²) in [5.41, 5.74) is 0.706. The van der Waals surface area contributed by atoms with E-state index in [4.69, 9.17) is 9.15 Å². The average Bonchev–Trinajstić information content (AvgIpc) is 3.40. The Bertz CT molecular complexity index is 1120. The van der Waals surface area contributed by atoms with Crippen molar-refractivity contribution in [3.8, 4) is 5.75 Å². The molecule has 0 saturated carbocycles. The summed E-state index contributed by atoms with van der Waals surface area (Å²) in [6, 6.07) is 12.1. The van der Waals surface area contributed by atoms with Gasteiger partial charge in [0.25, 0.3) is 11.8 Å². The molecule has 1 aromatic carbocycles. The van der Waals surface area contributed by atoms with Crippen LogP contribution in [0.25, 0.3) is 10.2 Å². The van der Waals surface area contributed by atoms with E-state index in [1.54, 1.807) is 31.4 Å². The fraction of sp³-hybridized carbons (Fsp3) is 0.0556. The standard InChI is InChI=1S/C18H13N3O4S2/c1-24-10-4-2-6-12-15(10)20-18(27-12)21-17(23)13-7-8-14(26-13)19-16(22)11-5-3-9-25-11/h2-9H,1H3,(H,19,22)(H,20,21,23). The molecule has 0 unspecified atom stereocenters. The van der Waals surface area contributed by atoms with Crippen molar-refractivity contribution in [1.82, 2.24) is 4.98 Å². The molecule has 0 saturated heterocycles. The molecule has 4 rings (SSSR count). The number of hydrogen-bond donors (Lipinski definition) is 2. The summed E-state index contributed by atoms with van der Waals surface area (Å²) in [7, 11) is 1.58. The average molecular weight is 399 g/mol. The van der Waals surface area contributed by atoms with Crippen LogP contribution in [0.1, 0.15) is 20.2 Å². The first-order valence-corrected chi connectivity index (χ1v) is 9.47. The Morgan fingerprint density at radius 1 is 1.04 bits per heavy atom. The molecule has 0 radical (unpaired) electrons. The first-order valence-electron chi connectivity index (χ1n) is 7.83. The topological polar surface area (TPSA) is 93.5 Å². The number of aromatic nitrogens is 1. The maximum atomic E-state index is 12.5. The summed E-state index contributed by atoms with van der Waals surface area (Å²) < 4.78 is 11.3. The van der Waals surface area contributed by atoms with Crippen molar-refractivity contribution >= 4 is 54.8 Å². The zero-order chi connectivity index (χ0) is 18.8. The summed E-state index contributed by atoms with van der Waals surface area (Å²) in [4.78, 5) is 29.3. The second-order valence-corrected chi connectivity index (χ2v) is 7.49. The number of fused-ring (bicyclic) bond motifs is 1. The van der Waals surface area contributed by atoms with Crippen molar-refractivity contribution in [2.24, 2.45) is 0 Å². The van der Waals surface area contributed by atoms with Crippen LogP contribution in [0.2, 0.25) is 0 Å². The number of para-hydroxylation sites is 1. The molecule has 0 fully saturated rings. The monoisotopic (exact) mass is 399 g/mol. The Morgan fingerprint density at radius 3 is 2.70 bits per heavy atom. The number of rotatable bonds is 5. The molecular formula is C18H13N3O4S2. The van der Waals surface area contributed by atoms with E-state index in [0.717, 1.165) is 4.70 Å². The number of amides is 2. The highest BCUT2D eigenvalue weighted by atomic mass is 32.1. The van der Waals surface area contributed by atoms with Crippen LogP contribution >= 0.6 is 22.7 Å². The van der Waals surface area contributed by atoms with Crippen molar-refractivity contribution in [2.75, 3.05) is 17.7 Å². The van der Waals surface area contributed by atoms with Gasteiger partial charge in [0.1, 0.15) is 11.3 Å². The molecule has 9 heteroatoms. The van der Waals surface area contributed by atoms with Gasteiger partial charge in [0, 0.05) is 0 Å². The minimum atomic E-state index is -0.368. The molecule has 27 heavy (non-hydrogen) atoms. The minimum absolute atomic E-state index is 0.206. The lowest BCUT2D eigenvalue weighted by atomic mass is 10.3. The summed E-state index contributed by atoms with van der Waals surface area (Å²) in [5.74, 6) is 0.199. The van der Waals surface area contributed by atoms with Gasteiger partial charge in [-0.05, 0) is 36.4 Å². The lowest BCUT2D eigenvalue weighted by Gasteiger charge is -1.99. The van der Waals surface area contributed by atoms with E-state index < -0.39 is 0 Å². The Labute approximate surface area is 161 Å². The molecule has 3 aromatic heterocycles. The van der Waals surface area contributed by atoms with E-state index in [1.807, 2.05) is 18.2 Å². The number of thiazole rings is 1. The second-order valence-electron chi connectivity index (χ2n) is 5.38. The molecule has 4 aromatic rings. The van der Waals surface area contributed by atoms with Gasteiger partial charge in [-0.2, -0.15) is 0 Å². The quantitative estimate of drug-likeness (QED) is 0.517. The number of anilines is 2. The Balaban J connectivity index is 1.47. The summed E-state index contributed by atoms with van der Waals surface area (Å²) in [6.07, 6.45) is 1.43. The molecule has 0 aliphatic rings. The fourth-order valence-corrected chi connectivity index (χ4v) is 4.08. The van der Waals surface area contributed by atoms with Crippen molar-refractivity contribution in [3.05, 3.63) is 59.4 Å². The zero-order valence-corrected chi connectivity index (χ0v) is 15.6. The highest BCUT2D eigenvalue weighted by Gasteiger charge is 2.15. The number of carbonyl (C=O) groups is 2. The number of hydrogen-bond acceptors (Lipinski definition) is 7. The van der Waals surface area contributed by atoms with Crippen molar-refractivity contribution in [2.45, 2.75) is 0 Å². The van der Waals surface area contributed by atoms with Gasteiger partial charge in [-0.25, -0.2) is 4.98 Å². The molecular weight excluding hydrogens is 386 g/mol. The van der Waals surface area contributed by atoms with Gasteiger partial charge in [0.15, 0.2) is 10.9 Å². The van der Waals surface area contributed by atoms with Gasteiger partial charge < -0.3 is 14.5 Å². The molecule has 0 aliphatic carbocycles. The first-order chi connectivity index (χ1) is 13.1. The van der Waals surface area contributed by atoms with Gasteiger partial charge in [-0.1, -0.05) is 17.4 Å². The smallest absolute Gasteiger partial charge is 0.291 e. The maximum Gasteiger partial charge on any atom is 0.291 e. The molecule has 136 valence electrons. The Morgan fingerprint density at radius 2 is 1.93 bits per heavy atom. The highest BCUT2D eigenvalue weighted by Crippen LogP contribution is 2.32. The Hall–Kier alpha value is -3.17. The molecule has 0 atom stereocenters. The van der Waals surface area contributed by atoms with Gasteiger partial charge in [0.2, 0.25) is 0 Å². The fourth-order valence-electron chi connectivity index (χ4n) is 2.41. The predicted molar refractivity (Wildman–Crippen MR) is 105 cm³/mol. The van der Waals surface area contributed by atoms with E-state index in [2.05, 4.69) is 15.6 Å². The first kappa shape index (κ1) is 17.3. The SMILES string of the molecule is COc1cccc2sc(NC(=O)c3ccc(NC(=O)c4ccco4)s3)nc12. The van der Waals surface area contributed by atoms with Crippen LogP contribution in [0.3, 0.4) is 0 Å². The summed E-state index contributed by atoms with van der Waals surface area (Å²) in [6.45, 7) is 0. The minimum Gasteiger partial charge on any atom is -0.494 e. The number of nitrogens with zero attached hydrogens (tertiary/aromatic N) is 1. The van der Waals surface area contributed by atoms with Crippen LogP contribution in [-0.2, 0) is 0 Å². The number of carbonyl (C=O) groups excluding carboxylic acids is 2. The molecule has 3 heterocycles. The lowest BCUT2D eigenvalue weighted by Crippen LogP contribution is -2.10. The van der Waals surface area contributed by atoms with Gasteiger partial charge >= 0.3 is 0 Å². The summed E-state index contributed by atoms with van der Waals surface area (Å²) in [5, 5.41) is 6.51. The molecule has 2 amide bonds. The van der Waals surface area contributed by atoms with Crippen LogP contribution in [0, 0.1) is 0 Å². The van der Waals surface area contributed by atoms with E-state index in [0.29, 0.717) is 26.3 Å². The van der Waals surface area contributed by atoms with E-state index in [-0.39, 0.29) is 17.6 Å². The number of methoxy groups -OCH3 is 1. The van der Waals surface area contributed by atoms with E-state index in [1.165, 1.54) is 28.9 Å². The largest absolute Gasteiger partial charge is 0.494 e. The highest BCUT2D eigenvalue weighted by molar-refractivity contribution is 7.22. The molecule has 0 spiro atoms. The third-order valence-electron chi connectivity index (χ3n) is 3.63. The van der Waals surface area contributed by atoms with Crippen LogP contribution in [0.4, 0.5) is 10.1 Å². The zero-order valence-electron chi connectivity index (χ0n) is 14.0. The number of nitrogens with one attached hydrogen (secondary N) is 2. The number of benzene rings is 1. The van der Waals surface area contributed by atoms with Gasteiger partial charge in [-0.3, -0.25) is 14.9 Å². The van der Waals surface area contributed by atoms with Crippen LogP contribution < -0.4 is 15.4 Å². The molecule has 2 N–H and O–H groups in total. The summed E-state index contributed by atoms with van der Waals surface area (Å²) >= 11 is 2.53. The van der Waals surface area contributed by atoms with E-state index >= 15 is 0 Å². The number of thiophene rings is 1. The third kappa shape index (κ3) is 3.55. The predicted octanol–water partition coefficient (Wildman–Crippen LogP) is 4.46. The van der Waals surface area contributed by atoms with Crippen molar-refractivity contribution in [1.29, 1.82) is 0 Å². The maximum absolute atomic E-state index is 12.5. The Kier molecular flexibility index (Phi) is 4.61. The van der Waals surface area contributed by atoms with E-state index in [9.17, 15) is 9.59 Å². The normalized spacial score (nSPS) is 10.7.